The molecule has 0 bridgehead atoms. The number of fused-ring (bicyclic) bond motifs is 1. The van der Waals surface area contributed by atoms with Gasteiger partial charge < -0.3 is 4.40 Å². The largest absolute Gasteiger partial charge is 0.416 e. The van der Waals surface area contributed by atoms with Gasteiger partial charge in [-0.05, 0) is 36.8 Å². The summed E-state index contributed by atoms with van der Waals surface area (Å²) >= 11 is 0. The van der Waals surface area contributed by atoms with E-state index in [0.29, 0.717) is 11.3 Å². The molecule has 5 heteroatoms. The van der Waals surface area contributed by atoms with Gasteiger partial charge in [-0.2, -0.15) is 13.2 Å². The second-order valence-corrected chi connectivity index (χ2v) is 4.67. The Balaban J connectivity index is 2.11. The molecule has 0 saturated carbocycles. The molecule has 0 aliphatic rings. The second kappa shape index (κ2) is 4.37. The van der Waals surface area contributed by atoms with Gasteiger partial charge in [-0.15, -0.1) is 0 Å². The molecule has 3 rings (SSSR count). The van der Waals surface area contributed by atoms with Crippen molar-refractivity contribution in [3.05, 3.63) is 59.9 Å². The van der Waals surface area contributed by atoms with Crippen LogP contribution in [-0.2, 0) is 6.18 Å². The Morgan fingerprint density at radius 2 is 1.90 bits per heavy atom. The lowest BCUT2D eigenvalue weighted by Crippen LogP contribution is -2.04. The Labute approximate surface area is 113 Å². The lowest BCUT2D eigenvalue weighted by Gasteiger charge is -2.07. The van der Waals surface area contributed by atoms with Crippen LogP contribution in [0.1, 0.15) is 11.1 Å². The molecule has 2 nitrogen and oxygen atoms in total. The Bertz CT molecular complexity index is 772. The van der Waals surface area contributed by atoms with Crippen LogP contribution in [0.4, 0.5) is 13.2 Å². The maximum absolute atomic E-state index is 12.7. The van der Waals surface area contributed by atoms with Gasteiger partial charge >= 0.3 is 6.18 Å². The Morgan fingerprint density at radius 1 is 1.10 bits per heavy atom. The summed E-state index contributed by atoms with van der Waals surface area (Å²) in [6, 6.07) is 9.01. The Kier molecular flexibility index (Phi) is 2.78. The molecule has 0 amide bonds. The van der Waals surface area contributed by atoms with E-state index in [1.165, 1.54) is 6.07 Å². The minimum atomic E-state index is -4.34. The highest BCUT2D eigenvalue weighted by Crippen LogP contribution is 2.31. The van der Waals surface area contributed by atoms with Crippen molar-refractivity contribution in [2.45, 2.75) is 13.1 Å². The third-order valence-corrected chi connectivity index (χ3v) is 3.10. The lowest BCUT2D eigenvalue weighted by atomic mass is 10.1. The number of rotatable bonds is 1. The van der Waals surface area contributed by atoms with Crippen molar-refractivity contribution in [2.75, 3.05) is 0 Å². The van der Waals surface area contributed by atoms with Crippen LogP contribution >= 0.6 is 0 Å². The van der Waals surface area contributed by atoms with E-state index in [1.807, 2.05) is 25.3 Å². The van der Waals surface area contributed by atoms with Gasteiger partial charge in [-0.1, -0.05) is 12.1 Å². The molecule has 0 unspecified atom stereocenters. The molecular weight excluding hydrogens is 265 g/mol. The van der Waals surface area contributed by atoms with Crippen molar-refractivity contribution in [1.82, 2.24) is 9.38 Å². The first-order valence-corrected chi connectivity index (χ1v) is 6.06. The van der Waals surface area contributed by atoms with Crippen LogP contribution < -0.4 is 0 Å². The monoisotopic (exact) mass is 276 g/mol. The van der Waals surface area contributed by atoms with E-state index >= 15 is 0 Å². The summed E-state index contributed by atoms with van der Waals surface area (Å²) in [5.74, 6) is 0. The van der Waals surface area contributed by atoms with E-state index in [9.17, 15) is 13.2 Å². The number of imidazole rings is 1. The fourth-order valence-corrected chi connectivity index (χ4v) is 2.08. The fraction of sp³-hybridized carbons (Fsp3) is 0.133. The van der Waals surface area contributed by atoms with Gasteiger partial charge in [-0.25, -0.2) is 4.98 Å². The molecule has 0 radical (unpaired) electrons. The number of nitrogens with zero attached hydrogens (tertiary/aromatic N) is 2. The molecule has 20 heavy (non-hydrogen) atoms. The summed E-state index contributed by atoms with van der Waals surface area (Å²) in [5.41, 5.74) is 2.10. The first-order valence-electron chi connectivity index (χ1n) is 6.06. The third kappa shape index (κ3) is 2.27. The van der Waals surface area contributed by atoms with Gasteiger partial charge in [-0.3, -0.25) is 0 Å². The lowest BCUT2D eigenvalue weighted by molar-refractivity contribution is -0.137. The number of benzene rings is 1. The average Bonchev–Trinajstić information content (AvgIpc) is 2.81. The number of aromatic nitrogens is 2. The van der Waals surface area contributed by atoms with Crippen LogP contribution in [0.3, 0.4) is 0 Å². The molecule has 3 aromatic rings. The molecule has 0 saturated heterocycles. The number of pyridine rings is 1. The summed E-state index contributed by atoms with van der Waals surface area (Å²) in [7, 11) is 0. The predicted octanol–water partition coefficient (Wildman–Crippen LogP) is 4.33. The zero-order valence-electron chi connectivity index (χ0n) is 10.6. The van der Waals surface area contributed by atoms with Crippen molar-refractivity contribution in [3.63, 3.8) is 0 Å². The molecule has 0 aliphatic carbocycles. The molecule has 0 atom stereocenters. The highest BCUT2D eigenvalue weighted by Gasteiger charge is 2.30. The minimum absolute atomic E-state index is 0.459. The van der Waals surface area contributed by atoms with Crippen LogP contribution in [-0.4, -0.2) is 9.38 Å². The van der Waals surface area contributed by atoms with Gasteiger partial charge in [0.15, 0.2) is 0 Å². The zero-order chi connectivity index (χ0) is 14.3. The molecule has 1 aromatic carbocycles. The summed E-state index contributed by atoms with van der Waals surface area (Å²) < 4.78 is 39.9. The second-order valence-electron chi connectivity index (χ2n) is 4.67. The zero-order valence-corrected chi connectivity index (χ0v) is 10.6. The SMILES string of the molecule is Cc1ccn2cc(-c3cccc(C(F)(F)F)c3)nc2c1. The summed E-state index contributed by atoms with van der Waals surface area (Å²) in [6.07, 6.45) is -0.773. The topological polar surface area (TPSA) is 17.3 Å². The van der Waals surface area contributed by atoms with Crippen molar-refractivity contribution < 1.29 is 13.2 Å². The standard InChI is InChI=1S/C15H11F3N2/c1-10-5-6-20-9-13(19-14(20)7-10)11-3-2-4-12(8-11)15(16,17)18/h2-9H,1H3. The van der Waals surface area contributed by atoms with Crippen LogP contribution in [0.25, 0.3) is 16.9 Å². The van der Waals surface area contributed by atoms with Crippen molar-refractivity contribution in [3.8, 4) is 11.3 Å². The normalized spacial score (nSPS) is 12.0. The molecular formula is C15H11F3N2. The first kappa shape index (κ1) is 12.7. The first-order chi connectivity index (χ1) is 9.43. The molecule has 0 spiro atoms. The van der Waals surface area contributed by atoms with Crippen molar-refractivity contribution in [2.24, 2.45) is 0 Å². The average molecular weight is 276 g/mol. The van der Waals surface area contributed by atoms with Crippen LogP contribution in [0.15, 0.2) is 48.8 Å². The van der Waals surface area contributed by atoms with E-state index < -0.39 is 11.7 Å². The molecule has 2 aromatic heterocycles. The van der Waals surface area contributed by atoms with E-state index in [4.69, 9.17) is 0 Å². The Hall–Kier alpha value is -2.30. The van der Waals surface area contributed by atoms with Crippen molar-refractivity contribution >= 4 is 5.65 Å². The maximum Gasteiger partial charge on any atom is 0.416 e. The number of hydrogen-bond donors (Lipinski definition) is 0. The van der Waals surface area contributed by atoms with Crippen LogP contribution in [0, 0.1) is 6.92 Å². The van der Waals surface area contributed by atoms with Gasteiger partial charge in [0, 0.05) is 18.0 Å². The highest BCUT2D eigenvalue weighted by molar-refractivity contribution is 5.63. The quantitative estimate of drug-likeness (QED) is 0.646. The molecule has 0 fully saturated rings. The molecule has 102 valence electrons. The van der Waals surface area contributed by atoms with E-state index in [1.54, 1.807) is 16.7 Å². The summed E-state index contributed by atoms with van der Waals surface area (Å²) in [6.45, 7) is 1.94. The predicted molar refractivity (Wildman–Crippen MR) is 70.4 cm³/mol. The van der Waals surface area contributed by atoms with Crippen LogP contribution in [0.5, 0.6) is 0 Å². The van der Waals surface area contributed by atoms with E-state index in [-0.39, 0.29) is 0 Å². The van der Waals surface area contributed by atoms with Crippen molar-refractivity contribution in [1.29, 1.82) is 0 Å². The number of aryl methyl sites for hydroxylation is 1. The number of hydrogen-bond acceptors (Lipinski definition) is 1. The van der Waals surface area contributed by atoms with Gasteiger partial charge in [0.25, 0.3) is 0 Å². The smallest absolute Gasteiger partial charge is 0.306 e. The molecule has 0 aliphatic heterocycles. The number of halogens is 3. The fourth-order valence-electron chi connectivity index (χ4n) is 2.08. The minimum Gasteiger partial charge on any atom is -0.306 e. The highest BCUT2D eigenvalue weighted by atomic mass is 19.4. The molecule has 0 N–H and O–H groups in total. The van der Waals surface area contributed by atoms with E-state index in [0.717, 1.165) is 23.3 Å². The third-order valence-electron chi connectivity index (χ3n) is 3.10. The maximum atomic E-state index is 12.7. The van der Waals surface area contributed by atoms with Gasteiger partial charge in [0.2, 0.25) is 0 Å². The molecule has 2 heterocycles. The summed E-state index contributed by atoms with van der Waals surface area (Å²) in [4.78, 5) is 4.36. The van der Waals surface area contributed by atoms with Gasteiger partial charge in [0.1, 0.15) is 5.65 Å². The van der Waals surface area contributed by atoms with Gasteiger partial charge in [0.05, 0.1) is 11.3 Å². The number of alkyl halides is 3. The Morgan fingerprint density at radius 3 is 2.65 bits per heavy atom. The summed E-state index contributed by atoms with van der Waals surface area (Å²) in [5, 5.41) is 0. The van der Waals surface area contributed by atoms with Crippen LogP contribution in [0.2, 0.25) is 0 Å². The van der Waals surface area contributed by atoms with E-state index in [2.05, 4.69) is 4.98 Å².